The van der Waals surface area contributed by atoms with Crippen molar-refractivity contribution >= 4 is 5.91 Å². The first-order valence-electron chi connectivity index (χ1n) is 6.09. The van der Waals surface area contributed by atoms with Crippen molar-refractivity contribution < 1.29 is 13.9 Å². The molecule has 1 N–H and O–H groups in total. The lowest BCUT2D eigenvalue weighted by atomic mass is 10.0. The summed E-state index contributed by atoms with van der Waals surface area (Å²) in [6.07, 6.45) is 2.91. The average Bonchev–Trinajstić information content (AvgIpc) is 2.92. The first-order chi connectivity index (χ1) is 9.11. The molecule has 1 atom stereocenters. The zero-order chi connectivity index (χ0) is 13.8. The van der Waals surface area contributed by atoms with Crippen LogP contribution in [0.5, 0.6) is 5.75 Å². The molecular weight excluding hydrogens is 242 g/mol. The smallest absolute Gasteiger partial charge is 0.255 e. The molecule has 0 fully saturated rings. The van der Waals surface area contributed by atoms with E-state index in [-0.39, 0.29) is 11.9 Å². The summed E-state index contributed by atoms with van der Waals surface area (Å²) in [7, 11) is 1.62. The normalized spacial score (nSPS) is 11.9. The van der Waals surface area contributed by atoms with E-state index < -0.39 is 0 Å². The van der Waals surface area contributed by atoms with Crippen molar-refractivity contribution in [3.63, 3.8) is 0 Å². The lowest BCUT2D eigenvalue weighted by Crippen LogP contribution is -2.26. The molecule has 1 aromatic carbocycles. The Kier molecular flexibility index (Phi) is 3.90. The van der Waals surface area contributed by atoms with Gasteiger partial charge in [0.2, 0.25) is 0 Å². The largest absolute Gasteiger partial charge is 0.496 e. The van der Waals surface area contributed by atoms with Crippen LogP contribution in [-0.4, -0.2) is 13.0 Å². The zero-order valence-corrected chi connectivity index (χ0v) is 11.3. The standard InChI is InChI=1S/C15H17NO3/c1-10-4-5-14(18-3)13(8-10)11(2)16-15(17)12-6-7-19-9-12/h4-9,11H,1-3H3,(H,16,17). The summed E-state index contributed by atoms with van der Waals surface area (Å²) in [4.78, 5) is 12.0. The first kappa shape index (κ1) is 13.2. The van der Waals surface area contributed by atoms with Crippen molar-refractivity contribution in [2.45, 2.75) is 19.9 Å². The number of nitrogens with one attached hydrogen (secondary N) is 1. The number of hydrogen-bond acceptors (Lipinski definition) is 3. The number of rotatable bonds is 4. The van der Waals surface area contributed by atoms with Gasteiger partial charge in [0.05, 0.1) is 25.0 Å². The number of ether oxygens (including phenoxy) is 1. The van der Waals surface area contributed by atoms with Gasteiger partial charge in [-0.15, -0.1) is 0 Å². The molecule has 0 radical (unpaired) electrons. The van der Waals surface area contributed by atoms with Crippen LogP contribution >= 0.6 is 0 Å². The van der Waals surface area contributed by atoms with E-state index in [1.54, 1.807) is 13.2 Å². The highest BCUT2D eigenvalue weighted by Crippen LogP contribution is 2.26. The van der Waals surface area contributed by atoms with Crippen LogP contribution in [0.25, 0.3) is 0 Å². The molecule has 100 valence electrons. The quantitative estimate of drug-likeness (QED) is 0.918. The molecule has 2 aromatic rings. The highest BCUT2D eigenvalue weighted by Gasteiger charge is 2.15. The Labute approximate surface area is 112 Å². The van der Waals surface area contributed by atoms with Crippen LogP contribution in [0, 0.1) is 6.92 Å². The van der Waals surface area contributed by atoms with Crippen LogP contribution in [-0.2, 0) is 0 Å². The summed E-state index contributed by atoms with van der Waals surface area (Å²) in [5.74, 6) is 0.607. The summed E-state index contributed by atoms with van der Waals surface area (Å²) < 4.78 is 10.2. The molecule has 0 spiro atoms. The second kappa shape index (κ2) is 5.61. The number of aryl methyl sites for hydroxylation is 1. The van der Waals surface area contributed by atoms with Crippen LogP contribution < -0.4 is 10.1 Å². The maximum absolute atomic E-state index is 12.0. The SMILES string of the molecule is COc1ccc(C)cc1C(C)NC(=O)c1ccoc1. The van der Waals surface area contributed by atoms with E-state index >= 15 is 0 Å². The van der Waals surface area contributed by atoms with Gasteiger partial charge in [-0.2, -0.15) is 0 Å². The Hall–Kier alpha value is -2.23. The van der Waals surface area contributed by atoms with E-state index in [2.05, 4.69) is 5.32 Å². The van der Waals surface area contributed by atoms with Gasteiger partial charge in [0.1, 0.15) is 12.0 Å². The van der Waals surface area contributed by atoms with Crippen molar-refractivity contribution in [2.75, 3.05) is 7.11 Å². The van der Waals surface area contributed by atoms with Gasteiger partial charge in [-0.05, 0) is 26.0 Å². The second-order valence-corrected chi connectivity index (χ2v) is 4.45. The Morgan fingerprint density at radius 3 is 2.79 bits per heavy atom. The van der Waals surface area contributed by atoms with E-state index in [9.17, 15) is 4.79 Å². The fourth-order valence-corrected chi connectivity index (χ4v) is 1.94. The van der Waals surface area contributed by atoms with Crippen LogP contribution in [0.4, 0.5) is 0 Å². The molecule has 0 aliphatic heterocycles. The van der Waals surface area contributed by atoms with E-state index in [0.29, 0.717) is 5.56 Å². The van der Waals surface area contributed by atoms with Gasteiger partial charge < -0.3 is 14.5 Å². The summed E-state index contributed by atoms with van der Waals surface area (Å²) in [6, 6.07) is 7.39. The van der Waals surface area contributed by atoms with Gasteiger partial charge in [0.25, 0.3) is 5.91 Å². The van der Waals surface area contributed by atoms with Gasteiger partial charge in [0.15, 0.2) is 0 Å². The molecule has 0 saturated carbocycles. The zero-order valence-electron chi connectivity index (χ0n) is 11.3. The van der Waals surface area contributed by atoms with E-state index in [4.69, 9.17) is 9.15 Å². The monoisotopic (exact) mass is 259 g/mol. The summed E-state index contributed by atoms with van der Waals surface area (Å²) >= 11 is 0. The fraction of sp³-hybridized carbons (Fsp3) is 0.267. The molecular formula is C15H17NO3. The van der Waals surface area contributed by atoms with Crippen molar-refractivity contribution in [3.05, 3.63) is 53.5 Å². The van der Waals surface area contributed by atoms with Crippen LogP contribution in [0.1, 0.15) is 34.5 Å². The number of carbonyl (C=O) groups is 1. The lowest BCUT2D eigenvalue weighted by molar-refractivity contribution is 0.0939. The van der Waals surface area contributed by atoms with Gasteiger partial charge in [-0.3, -0.25) is 4.79 Å². The summed E-state index contributed by atoms with van der Waals surface area (Å²) in [5, 5.41) is 2.92. The molecule has 1 amide bonds. The Balaban J connectivity index is 2.18. The van der Waals surface area contributed by atoms with E-state index in [1.807, 2.05) is 32.0 Å². The van der Waals surface area contributed by atoms with Crippen LogP contribution in [0.15, 0.2) is 41.2 Å². The highest BCUT2D eigenvalue weighted by molar-refractivity contribution is 5.94. The molecule has 0 saturated heterocycles. The number of amides is 1. The molecule has 4 nitrogen and oxygen atoms in total. The number of methoxy groups -OCH3 is 1. The first-order valence-corrected chi connectivity index (χ1v) is 6.09. The molecule has 0 aliphatic carbocycles. The van der Waals surface area contributed by atoms with Crippen molar-refractivity contribution in [1.29, 1.82) is 0 Å². The maximum Gasteiger partial charge on any atom is 0.255 e. The third-order valence-electron chi connectivity index (χ3n) is 2.98. The predicted molar refractivity (Wildman–Crippen MR) is 72.3 cm³/mol. The minimum absolute atomic E-state index is 0.141. The van der Waals surface area contributed by atoms with Crippen molar-refractivity contribution in [1.82, 2.24) is 5.32 Å². The Morgan fingerprint density at radius 2 is 2.16 bits per heavy atom. The van der Waals surface area contributed by atoms with E-state index in [0.717, 1.165) is 16.9 Å². The van der Waals surface area contributed by atoms with Crippen LogP contribution in [0.3, 0.4) is 0 Å². The van der Waals surface area contributed by atoms with Crippen LogP contribution in [0.2, 0.25) is 0 Å². The van der Waals surface area contributed by atoms with Gasteiger partial charge >= 0.3 is 0 Å². The molecule has 2 rings (SSSR count). The average molecular weight is 259 g/mol. The van der Waals surface area contributed by atoms with Gasteiger partial charge in [-0.1, -0.05) is 17.7 Å². The van der Waals surface area contributed by atoms with Crippen molar-refractivity contribution in [3.8, 4) is 5.75 Å². The maximum atomic E-state index is 12.0. The topological polar surface area (TPSA) is 51.5 Å². The third kappa shape index (κ3) is 2.96. The Morgan fingerprint density at radius 1 is 1.37 bits per heavy atom. The van der Waals surface area contributed by atoms with Gasteiger partial charge in [0, 0.05) is 5.56 Å². The minimum Gasteiger partial charge on any atom is -0.496 e. The number of benzene rings is 1. The summed E-state index contributed by atoms with van der Waals surface area (Å²) in [5.41, 5.74) is 2.60. The molecule has 1 heterocycles. The third-order valence-corrected chi connectivity index (χ3v) is 2.98. The molecule has 19 heavy (non-hydrogen) atoms. The Bertz CT molecular complexity index is 561. The number of carbonyl (C=O) groups excluding carboxylic acids is 1. The minimum atomic E-state index is -0.162. The lowest BCUT2D eigenvalue weighted by Gasteiger charge is -2.17. The van der Waals surface area contributed by atoms with Crippen molar-refractivity contribution in [2.24, 2.45) is 0 Å². The second-order valence-electron chi connectivity index (χ2n) is 4.45. The molecule has 0 bridgehead atoms. The van der Waals surface area contributed by atoms with Gasteiger partial charge in [-0.25, -0.2) is 0 Å². The number of hydrogen-bond donors (Lipinski definition) is 1. The molecule has 1 unspecified atom stereocenters. The molecule has 1 aromatic heterocycles. The highest BCUT2D eigenvalue weighted by atomic mass is 16.5. The molecule has 4 heteroatoms. The van der Waals surface area contributed by atoms with E-state index in [1.165, 1.54) is 12.5 Å². The predicted octanol–water partition coefficient (Wildman–Crippen LogP) is 3.09. The fourth-order valence-electron chi connectivity index (χ4n) is 1.94. The molecule has 0 aliphatic rings. The summed E-state index contributed by atoms with van der Waals surface area (Å²) in [6.45, 7) is 3.93. The number of furan rings is 1.